The SMILES string of the molecule is CCC1C(C)SCCN1C(=O)NC. The van der Waals surface area contributed by atoms with Gasteiger partial charge in [-0.1, -0.05) is 13.8 Å². The monoisotopic (exact) mass is 202 g/mol. The lowest BCUT2D eigenvalue weighted by Crippen LogP contribution is -2.52. The van der Waals surface area contributed by atoms with Crippen molar-refractivity contribution in [1.82, 2.24) is 10.2 Å². The van der Waals surface area contributed by atoms with Crippen LogP contribution < -0.4 is 5.32 Å². The van der Waals surface area contributed by atoms with E-state index < -0.39 is 0 Å². The Kier molecular flexibility index (Phi) is 3.90. The Balaban J connectivity index is 2.64. The molecule has 0 aromatic carbocycles. The van der Waals surface area contributed by atoms with Gasteiger partial charge < -0.3 is 10.2 Å². The van der Waals surface area contributed by atoms with Crippen molar-refractivity contribution in [3.63, 3.8) is 0 Å². The third kappa shape index (κ3) is 2.30. The standard InChI is InChI=1S/C9H18N2OS/c1-4-8-7(2)13-6-5-11(8)9(12)10-3/h7-8H,4-6H2,1-3H3,(H,10,12). The lowest BCUT2D eigenvalue weighted by molar-refractivity contribution is 0.175. The molecule has 2 amide bonds. The molecule has 0 radical (unpaired) electrons. The van der Waals surface area contributed by atoms with Crippen molar-refractivity contribution in [2.45, 2.75) is 31.6 Å². The molecule has 2 atom stereocenters. The molecule has 0 bridgehead atoms. The number of amides is 2. The number of rotatable bonds is 1. The average molecular weight is 202 g/mol. The summed E-state index contributed by atoms with van der Waals surface area (Å²) in [7, 11) is 1.70. The van der Waals surface area contributed by atoms with E-state index in [9.17, 15) is 4.79 Å². The van der Waals surface area contributed by atoms with E-state index in [1.165, 1.54) is 0 Å². The van der Waals surface area contributed by atoms with Gasteiger partial charge >= 0.3 is 6.03 Å². The highest BCUT2D eigenvalue weighted by Crippen LogP contribution is 2.26. The van der Waals surface area contributed by atoms with Crippen LogP contribution in [0.15, 0.2) is 0 Å². The van der Waals surface area contributed by atoms with Gasteiger partial charge in [-0.05, 0) is 6.42 Å². The second-order valence-corrected chi connectivity index (χ2v) is 4.79. The van der Waals surface area contributed by atoms with Gasteiger partial charge in [0.05, 0.1) is 0 Å². The highest BCUT2D eigenvalue weighted by atomic mass is 32.2. The highest BCUT2D eigenvalue weighted by molar-refractivity contribution is 8.00. The van der Waals surface area contributed by atoms with Crippen LogP contribution >= 0.6 is 11.8 Å². The van der Waals surface area contributed by atoms with Crippen molar-refractivity contribution in [1.29, 1.82) is 0 Å². The minimum Gasteiger partial charge on any atom is -0.341 e. The molecule has 1 rings (SSSR count). The van der Waals surface area contributed by atoms with Crippen LogP contribution in [0.1, 0.15) is 20.3 Å². The number of nitrogens with one attached hydrogen (secondary N) is 1. The van der Waals surface area contributed by atoms with Crippen LogP contribution in [0, 0.1) is 0 Å². The van der Waals surface area contributed by atoms with Gasteiger partial charge in [-0.25, -0.2) is 4.79 Å². The van der Waals surface area contributed by atoms with Crippen LogP contribution in [-0.4, -0.2) is 41.6 Å². The molecule has 4 heteroatoms. The van der Waals surface area contributed by atoms with Crippen molar-refractivity contribution in [2.24, 2.45) is 0 Å². The molecule has 3 nitrogen and oxygen atoms in total. The summed E-state index contributed by atoms with van der Waals surface area (Å²) in [5, 5.41) is 3.26. The molecular formula is C9H18N2OS. The average Bonchev–Trinajstić information content (AvgIpc) is 2.16. The maximum Gasteiger partial charge on any atom is 0.317 e. The van der Waals surface area contributed by atoms with Crippen LogP contribution in [0.2, 0.25) is 0 Å². The Bertz CT molecular complexity index is 186. The van der Waals surface area contributed by atoms with Crippen molar-refractivity contribution in [3.8, 4) is 0 Å². The number of thioether (sulfide) groups is 1. The molecule has 0 aromatic rings. The van der Waals surface area contributed by atoms with Gasteiger partial charge in [-0.3, -0.25) is 0 Å². The van der Waals surface area contributed by atoms with E-state index >= 15 is 0 Å². The van der Waals surface area contributed by atoms with Gasteiger partial charge in [0.1, 0.15) is 0 Å². The van der Waals surface area contributed by atoms with Gasteiger partial charge in [-0.2, -0.15) is 11.8 Å². The lowest BCUT2D eigenvalue weighted by Gasteiger charge is -2.38. The quantitative estimate of drug-likeness (QED) is 0.699. The van der Waals surface area contributed by atoms with Gasteiger partial charge in [0.25, 0.3) is 0 Å². The molecule has 1 N–H and O–H groups in total. The second-order valence-electron chi connectivity index (χ2n) is 3.30. The predicted molar refractivity (Wildman–Crippen MR) is 57.2 cm³/mol. The van der Waals surface area contributed by atoms with E-state index in [4.69, 9.17) is 0 Å². The Morgan fingerprint density at radius 2 is 2.38 bits per heavy atom. The number of hydrogen-bond donors (Lipinski definition) is 1. The molecule has 0 aliphatic carbocycles. The predicted octanol–water partition coefficient (Wildman–Crippen LogP) is 1.54. The summed E-state index contributed by atoms with van der Waals surface area (Å²) in [4.78, 5) is 13.4. The van der Waals surface area contributed by atoms with E-state index in [-0.39, 0.29) is 6.03 Å². The van der Waals surface area contributed by atoms with Crippen LogP contribution in [0.3, 0.4) is 0 Å². The zero-order chi connectivity index (χ0) is 9.84. The van der Waals surface area contributed by atoms with Gasteiger partial charge in [0, 0.05) is 30.6 Å². The van der Waals surface area contributed by atoms with Crippen LogP contribution in [0.25, 0.3) is 0 Å². The molecule has 1 saturated heterocycles. The first-order valence-electron chi connectivity index (χ1n) is 4.80. The molecule has 1 aliphatic heterocycles. The van der Waals surface area contributed by atoms with Gasteiger partial charge in [-0.15, -0.1) is 0 Å². The fraction of sp³-hybridized carbons (Fsp3) is 0.889. The molecule has 0 aromatic heterocycles. The first-order valence-corrected chi connectivity index (χ1v) is 5.85. The molecule has 0 spiro atoms. The van der Waals surface area contributed by atoms with Crippen molar-refractivity contribution >= 4 is 17.8 Å². The lowest BCUT2D eigenvalue weighted by atomic mass is 10.1. The number of hydrogen-bond acceptors (Lipinski definition) is 2. The summed E-state index contributed by atoms with van der Waals surface area (Å²) in [6, 6.07) is 0.470. The maximum atomic E-state index is 11.5. The molecule has 1 heterocycles. The number of nitrogens with zero attached hydrogens (tertiary/aromatic N) is 1. The number of urea groups is 1. The second kappa shape index (κ2) is 4.74. The molecule has 76 valence electrons. The summed E-state index contributed by atoms with van der Waals surface area (Å²) in [6.45, 7) is 5.23. The summed E-state index contributed by atoms with van der Waals surface area (Å²) in [6.07, 6.45) is 1.04. The number of carbonyl (C=O) groups is 1. The molecule has 13 heavy (non-hydrogen) atoms. The van der Waals surface area contributed by atoms with Gasteiger partial charge in [0.2, 0.25) is 0 Å². The van der Waals surface area contributed by atoms with Crippen molar-refractivity contribution in [2.75, 3.05) is 19.3 Å². The Labute approximate surface area is 84.2 Å². The normalized spacial score (nSPS) is 28.7. The molecule has 1 aliphatic rings. The largest absolute Gasteiger partial charge is 0.341 e. The third-order valence-corrected chi connectivity index (χ3v) is 3.81. The molecule has 0 saturated carbocycles. The molecule has 2 unspecified atom stereocenters. The first kappa shape index (κ1) is 10.7. The van der Waals surface area contributed by atoms with Crippen molar-refractivity contribution < 1.29 is 4.79 Å². The smallest absolute Gasteiger partial charge is 0.317 e. The van der Waals surface area contributed by atoms with Crippen LogP contribution in [0.5, 0.6) is 0 Å². The molecule has 1 fully saturated rings. The summed E-state index contributed by atoms with van der Waals surface area (Å²) in [5.74, 6) is 1.06. The van der Waals surface area contributed by atoms with Gasteiger partial charge in [0.15, 0.2) is 0 Å². The topological polar surface area (TPSA) is 32.3 Å². The van der Waals surface area contributed by atoms with E-state index in [1.54, 1.807) is 7.05 Å². The minimum atomic E-state index is 0.0685. The van der Waals surface area contributed by atoms with Crippen LogP contribution in [0.4, 0.5) is 4.79 Å². The van der Waals surface area contributed by atoms with E-state index in [0.717, 1.165) is 18.7 Å². The zero-order valence-electron chi connectivity index (χ0n) is 8.54. The van der Waals surface area contributed by atoms with Crippen molar-refractivity contribution in [3.05, 3.63) is 0 Å². The van der Waals surface area contributed by atoms with E-state index in [0.29, 0.717) is 11.3 Å². The number of carbonyl (C=O) groups excluding carboxylic acids is 1. The fourth-order valence-corrected chi connectivity index (χ4v) is 3.05. The zero-order valence-corrected chi connectivity index (χ0v) is 9.36. The minimum absolute atomic E-state index is 0.0685. The summed E-state index contributed by atoms with van der Waals surface area (Å²) in [5.41, 5.74) is 0. The third-order valence-electron chi connectivity index (χ3n) is 2.55. The van der Waals surface area contributed by atoms with E-state index in [1.807, 2.05) is 16.7 Å². The summed E-state index contributed by atoms with van der Waals surface area (Å²) >= 11 is 1.96. The van der Waals surface area contributed by atoms with E-state index in [2.05, 4.69) is 19.2 Å². The summed E-state index contributed by atoms with van der Waals surface area (Å²) < 4.78 is 0. The van der Waals surface area contributed by atoms with Crippen LogP contribution in [-0.2, 0) is 0 Å². The first-order chi connectivity index (χ1) is 6.20. The highest BCUT2D eigenvalue weighted by Gasteiger charge is 2.30. The Morgan fingerprint density at radius 1 is 1.69 bits per heavy atom. The Morgan fingerprint density at radius 3 is 2.92 bits per heavy atom. The Hall–Kier alpha value is -0.380. The fourth-order valence-electron chi connectivity index (χ4n) is 1.82. The molecular weight excluding hydrogens is 184 g/mol. The maximum absolute atomic E-state index is 11.5.